The van der Waals surface area contributed by atoms with Crippen molar-refractivity contribution < 1.29 is 35.1 Å². The quantitative estimate of drug-likeness (QED) is 0.122. The zero-order valence-electron chi connectivity index (χ0n) is 27.2. The largest absolute Gasteiger partial charge is 0.305 e. The Bertz CT molecular complexity index is 1910. The van der Waals surface area contributed by atoms with E-state index in [1.54, 1.807) is 76.2 Å². The van der Waals surface area contributed by atoms with Gasteiger partial charge < -0.3 is 9.80 Å². The number of hydrogen-bond acceptors (Lipinski definition) is 2. The predicted octanol–water partition coefficient (Wildman–Crippen LogP) is 12.6. The van der Waals surface area contributed by atoms with E-state index in [4.69, 9.17) is 0 Å². The van der Waals surface area contributed by atoms with Crippen LogP contribution in [0.25, 0.3) is 11.1 Å². The van der Waals surface area contributed by atoms with E-state index in [-0.39, 0.29) is 22.7 Å². The monoisotopic (exact) mass is 688 g/mol. The second-order valence-corrected chi connectivity index (χ2v) is 12.0. The van der Waals surface area contributed by atoms with Crippen molar-refractivity contribution in [1.29, 1.82) is 0 Å². The van der Waals surface area contributed by atoms with Crippen molar-refractivity contribution in [1.82, 2.24) is 0 Å². The molecule has 6 aromatic carbocycles. The minimum absolute atomic E-state index is 0.0925. The van der Waals surface area contributed by atoms with Crippen LogP contribution < -0.4 is 9.80 Å². The maximum absolute atomic E-state index is 16.1. The van der Waals surface area contributed by atoms with Crippen molar-refractivity contribution in [2.75, 3.05) is 9.80 Å². The summed E-state index contributed by atoms with van der Waals surface area (Å²) in [6.07, 6.45) is 0. The molecule has 0 aromatic heterocycles. The minimum atomic E-state index is -2.26. The van der Waals surface area contributed by atoms with Gasteiger partial charge in [0.15, 0.2) is 46.5 Å². The van der Waals surface area contributed by atoms with Gasteiger partial charge in [-0.2, -0.15) is 0 Å². The molecule has 0 aliphatic rings. The van der Waals surface area contributed by atoms with Crippen LogP contribution >= 0.6 is 0 Å². The van der Waals surface area contributed by atoms with Gasteiger partial charge >= 0.3 is 0 Å². The molecule has 0 unspecified atom stereocenters. The highest BCUT2D eigenvalue weighted by atomic mass is 19.2. The van der Waals surface area contributed by atoms with Crippen molar-refractivity contribution in [2.24, 2.45) is 0 Å². The molecule has 0 saturated heterocycles. The van der Waals surface area contributed by atoms with Gasteiger partial charge in [0.25, 0.3) is 0 Å². The van der Waals surface area contributed by atoms with Crippen LogP contribution in [-0.2, 0) is 0 Å². The Balaban J connectivity index is 1.58. The second-order valence-electron chi connectivity index (χ2n) is 12.0. The molecule has 0 saturated carbocycles. The first kappa shape index (κ1) is 34.2. The first-order valence-corrected chi connectivity index (χ1v) is 15.4. The maximum atomic E-state index is 16.1. The first-order valence-electron chi connectivity index (χ1n) is 15.4. The molecule has 0 N–H and O–H groups in total. The molecule has 0 amide bonds. The Morgan fingerprint density at radius 3 is 0.640 bits per heavy atom. The molecular weight excluding hydrogens is 660 g/mol. The van der Waals surface area contributed by atoms with E-state index in [0.717, 1.165) is 32.1 Å². The average molecular weight is 689 g/mol. The van der Waals surface area contributed by atoms with Gasteiger partial charge in [-0.05, 0) is 76.2 Å². The van der Waals surface area contributed by atoms with E-state index in [1.165, 1.54) is 48.5 Å². The number of halogens is 8. The topological polar surface area (TPSA) is 6.48 Å². The number of anilines is 6. The fraction of sp³-hybridized carbons (Fsp3) is 0.100. The van der Waals surface area contributed by atoms with Crippen LogP contribution in [0.5, 0.6) is 0 Å². The van der Waals surface area contributed by atoms with Crippen LogP contribution in [0.2, 0.25) is 0 Å². The summed E-state index contributed by atoms with van der Waals surface area (Å²) in [5.41, 5.74) is -2.95. The summed E-state index contributed by atoms with van der Waals surface area (Å²) in [6.45, 7) is 7.01. The molecule has 10 heteroatoms. The lowest BCUT2D eigenvalue weighted by Gasteiger charge is -2.28. The van der Waals surface area contributed by atoms with E-state index < -0.39 is 69.0 Å². The van der Waals surface area contributed by atoms with Crippen LogP contribution in [0.4, 0.5) is 69.2 Å². The smallest absolute Gasteiger partial charge is 0.186 e. The average Bonchev–Trinajstić information content (AvgIpc) is 3.10. The Hall–Kier alpha value is -5.64. The lowest BCUT2D eigenvalue weighted by Crippen LogP contribution is -2.19. The third kappa shape index (κ3) is 5.95. The molecule has 0 fully saturated rings. The first-order chi connectivity index (χ1) is 23.8. The van der Waals surface area contributed by atoms with E-state index in [1.807, 2.05) is 0 Å². The van der Waals surface area contributed by atoms with Gasteiger partial charge in [0.05, 0.1) is 11.1 Å². The predicted molar refractivity (Wildman–Crippen MR) is 180 cm³/mol. The number of rotatable bonds is 7. The molecule has 50 heavy (non-hydrogen) atoms. The molecule has 6 rings (SSSR count). The van der Waals surface area contributed by atoms with Gasteiger partial charge in [-0.1, -0.05) is 70.8 Å². The lowest BCUT2D eigenvalue weighted by molar-refractivity contribution is 0.444. The van der Waals surface area contributed by atoms with Crippen LogP contribution in [0.3, 0.4) is 0 Å². The Morgan fingerprint density at radius 2 is 0.460 bits per heavy atom. The normalized spacial score (nSPS) is 11.2. The standard InChI is InChI=1S/C40H28F8N2/c1-21-5-13-25(14-6-21)49(26-15-7-22(2)8-16-26)39-35(45)31(41)29(32(42)36(39)46)30-33(43)37(47)40(38(48)34(30)44)50(27-17-9-23(3)10-18-27)28-19-11-24(4)12-20-28/h5-20H,1-4H3. The van der Waals surface area contributed by atoms with Crippen molar-refractivity contribution >= 4 is 34.1 Å². The fourth-order valence-electron chi connectivity index (χ4n) is 5.66. The van der Waals surface area contributed by atoms with Gasteiger partial charge in [0.1, 0.15) is 11.4 Å². The van der Waals surface area contributed by atoms with E-state index in [9.17, 15) is 0 Å². The second kappa shape index (κ2) is 13.3. The third-order valence-corrected chi connectivity index (χ3v) is 8.35. The zero-order valence-corrected chi connectivity index (χ0v) is 27.2. The summed E-state index contributed by atoms with van der Waals surface area (Å²) in [5.74, 6) is -17.3. The van der Waals surface area contributed by atoms with Crippen molar-refractivity contribution in [3.8, 4) is 11.1 Å². The zero-order chi connectivity index (χ0) is 36.0. The summed E-state index contributed by atoms with van der Waals surface area (Å²) in [4.78, 5) is 1.77. The molecule has 0 spiro atoms. The van der Waals surface area contributed by atoms with Crippen molar-refractivity contribution in [3.63, 3.8) is 0 Å². The van der Waals surface area contributed by atoms with Gasteiger partial charge in [-0.3, -0.25) is 0 Å². The highest BCUT2D eigenvalue weighted by molar-refractivity contribution is 5.83. The Kier molecular flexibility index (Phi) is 9.14. The van der Waals surface area contributed by atoms with Crippen molar-refractivity contribution in [2.45, 2.75) is 27.7 Å². The summed E-state index contributed by atoms with van der Waals surface area (Å²) in [7, 11) is 0. The summed E-state index contributed by atoms with van der Waals surface area (Å²) < 4.78 is 128. The molecular formula is C40H28F8N2. The number of benzene rings is 6. The number of aryl methyl sites for hydroxylation is 4. The summed E-state index contributed by atoms with van der Waals surface area (Å²) in [6, 6.07) is 24.4. The summed E-state index contributed by atoms with van der Waals surface area (Å²) in [5, 5.41) is 0. The molecule has 2 nitrogen and oxygen atoms in total. The van der Waals surface area contributed by atoms with Crippen molar-refractivity contribution in [3.05, 3.63) is 166 Å². The van der Waals surface area contributed by atoms with E-state index in [2.05, 4.69) is 0 Å². The van der Waals surface area contributed by atoms with Gasteiger partial charge in [-0.25, -0.2) is 35.1 Å². The van der Waals surface area contributed by atoms with Crippen LogP contribution in [0.1, 0.15) is 22.3 Å². The molecule has 6 aromatic rings. The number of nitrogens with zero attached hydrogens (tertiary/aromatic N) is 2. The van der Waals surface area contributed by atoms with Crippen LogP contribution in [-0.4, -0.2) is 0 Å². The fourth-order valence-corrected chi connectivity index (χ4v) is 5.66. The highest BCUT2D eigenvalue weighted by Gasteiger charge is 2.37. The molecule has 0 heterocycles. The SMILES string of the molecule is Cc1ccc(N(c2ccc(C)cc2)c2c(F)c(F)c(-c3c(F)c(F)c(N(c4ccc(C)cc4)c4ccc(C)cc4)c(F)c3F)c(F)c2F)cc1. The Labute approximate surface area is 283 Å². The van der Waals surface area contributed by atoms with Crippen LogP contribution in [0.15, 0.2) is 97.1 Å². The van der Waals surface area contributed by atoms with Gasteiger partial charge in [0.2, 0.25) is 0 Å². The van der Waals surface area contributed by atoms with Gasteiger partial charge in [0, 0.05) is 22.7 Å². The minimum Gasteiger partial charge on any atom is -0.305 e. The molecule has 0 bridgehead atoms. The van der Waals surface area contributed by atoms with E-state index in [0.29, 0.717) is 0 Å². The molecule has 0 aliphatic heterocycles. The molecule has 0 aliphatic carbocycles. The van der Waals surface area contributed by atoms with Gasteiger partial charge in [-0.15, -0.1) is 0 Å². The molecule has 254 valence electrons. The summed E-state index contributed by atoms with van der Waals surface area (Å²) >= 11 is 0. The highest BCUT2D eigenvalue weighted by Crippen LogP contribution is 2.47. The molecule has 0 atom stereocenters. The molecule has 0 radical (unpaired) electrons. The Morgan fingerprint density at radius 1 is 0.280 bits per heavy atom. The third-order valence-electron chi connectivity index (χ3n) is 8.35. The van der Waals surface area contributed by atoms with Crippen LogP contribution in [0, 0.1) is 74.2 Å². The lowest BCUT2D eigenvalue weighted by atomic mass is 9.98. The maximum Gasteiger partial charge on any atom is 0.186 e. The number of hydrogen-bond donors (Lipinski definition) is 0. The van der Waals surface area contributed by atoms with E-state index >= 15 is 35.1 Å².